The molecule has 2 aliphatic heterocycles. The van der Waals surface area contributed by atoms with Gasteiger partial charge in [-0.3, -0.25) is 9.59 Å². The topological polar surface area (TPSA) is 51.0 Å². The van der Waals surface area contributed by atoms with Crippen LogP contribution in [0.4, 0.5) is 5.69 Å². The Labute approximate surface area is 138 Å². The molecular weight excluding hydrogens is 348 g/mol. The minimum Gasteiger partial charge on any atom is -0.364 e. The van der Waals surface area contributed by atoms with Crippen molar-refractivity contribution in [2.24, 2.45) is 0 Å². The summed E-state index contributed by atoms with van der Waals surface area (Å²) in [5.74, 6) is -0.208. The van der Waals surface area contributed by atoms with Gasteiger partial charge in [0, 0.05) is 4.47 Å². The Morgan fingerprint density at radius 3 is 2.32 bits per heavy atom. The van der Waals surface area contributed by atoms with Crippen LogP contribution in [0.15, 0.2) is 28.7 Å². The van der Waals surface area contributed by atoms with Crippen molar-refractivity contribution in [2.75, 3.05) is 18.0 Å². The summed E-state index contributed by atoms with van der Waals surface area (Å²) in [6.07, 6.45) is 0.510. The van der Waals surface area contributed by atoms with Gasteiger partial charge in [-0.05, 0) is 38.1 Å². The summed E-state index contributed by atoms with van der Waals surface area (Å²) in [6.45, 7) is 5.57. The highest BCUT2D eigenvalue weighted by Crippen LogP contribution is 2.24. The highest BCUT2D eigenvalue weighted by Gasteiger charge is 2.47. The van der Waals surface area contributed by atoms with Gasteiger partial charge in [0.25, 0.3) is 5.91 Å². The Morgan fingerprint density at radius 2 is 1.73 bits per heavy atom. The highest BCUT2D eigenvalue weighted by atomic mass is 79.9. The molecule has 0 radical (unpaired) electrons. The summed E-state index contributed by atoms with van der Waals surface area (Å²) in [4.78, 5) is 27.6. The lowest BCUT2D eigenvalue weighted by Crippen LogP contribution is -3.19. The molecule has 2 saturated heterocycles. The number of quaternary nitrogens is 1. The summed E-state index contributed by atoms with van der Waals surface area (Å²) < 4.78 is 6.65. The number of morpholine rings is 1. The maximum Gasteiger partial charge on any atom is 0.292 e. The zero-order chi connectivity index (χ0) is 15.9. The number of hydrogen-bond acceptors (Lipinski definition) is 3. The van der Waals surface area contributed by atoms with Crippen molar-refractivity contribution in [1.82, 2.24) is 0 Å². The number of imide groups is 1. The lowest BCUT2D eigenvalue weighted by atomic mass is 10.1. The second-order valence-electron chi connectivity index (χ2n) is 6.12. The lowest BCUT2D eigenvalue weighted by Gasteiger charge is -2.34. The Bertz CT molecular complexity index is 580. The molecule has 6 heteroatoms. The summed E-state index contributed by atoms with van der Waals surface area (Å²) >= 11 is 3.37. The van der Waals surface area contributed by atoms with E-state index < -0.39 is 0 Å². The second kappa shape index (κ2) is 6.10. The molecule has 0 bridgehead atoms. The average Bonchev–Trinajstić information content (AvgIpc) is 2.74. The number of carbonyl (C=O) groups is 2. The Kier molecular flexibility index (Phi) is 4.34. The normalized spacial score (nSPS) is 32.6. The molecule has 1 aromatic carbocycles. The number of halogens is 1. The maximum absolute atomic E-state index is 12.7. The van der Waals surface area contributed by atoms with Crippen molar-refractivity contribution >= 4 is 33.4 Å². The minimum atomic E-state index is -0.287. The maximum atomic E-state index is 12.7. The van der Waals surface area contributed by atoms with Crippen LogP contribution in [0.1, 0.15) is 20.3 Å². The van der Waals surface area contributed by atoms with Gasteiger partial charge < -0.3 is 9.64 Å². The van der Waals surface area contributed by atoms with Crippen LogP contribution in [0, 0.1) is 0 Å². The van der Waals surface area contributed by atoms with E-state index in [0.717, 1.165) is 22.5 Å². The van der Waals surface area contributed by atoms with Gasteiger partial charge in [-0.15, -0.1) is 0 Å². The van der Waals surface area contributed by atoms with E-state index in [4.69, 9.17) is 4.74 Å². The van der Waals surface area contributed by atoms with Gasteiger partial charge in [0.15, 0.2) is 6.04 Å². The van der Waals surface area contributed by atoms with Crippen LogP contribution in [-0.4, -0.2) is 43.2 Å². The van der Waals surface area contributed by atoms with Crippen molar-refractivity contribution in [1.29, 1.82) is 0 Å². The van der Waals surface area contributed by atoms with Crippen LogP contribution in [0.2, 0.25) is 0 Å². The number of carbonyl (C=O) groups excluding carboxylic acids is 2. The fourth-order valence-corrected chi connectivity index (χ4v) is 3.68. The molecule has 1 aromatic rings. The first-order valence-electron chi connectivity index (χ1n) is 7.58. The molecule has 2 aliphatic rings. The molecule has 22 heavy (non-hydrogen) atoms. The Morgan fingerprint density at radius 1 is 1.14 bits per heavy atom. The van der Waals surface area contributed by atoms with Crippen LogP contribution >= 0.6 is 15.9 Å². The van der Waals surface area contributed by atoms with Crippen LogP contribution < -0.4 is 9.80 Å². The van der Waals surface area contributed by atoms with Crippen LogP contribution in [0.3, 0.4) is 0 Å². The van der Waals surface area contributed by atoms with Gasteiger partial charge in [-0.25, -0.2) is 4.90 Å². The fourth-order valence-electron chi connectivity index (χ4n) is 3.41. The number of ether oxygens (including phenoxy) is 1. The van der Waals surface area contributed by atoms with E-state index in [2.05, 4.69) is 15.9 Å². The largest absolute Gasteiger partial charge is 0.364 e. The van der Waals surface area contributed by atoms with Crippen molar-refractivity contribution in [2.45, 2.75) is 38.5 Å². The molecule has 118 valence electrons. The van der Waals surface area contributed by atoms with Crippen LogP contribution in [0.25, 0.3) is 0 Å². The quantitative estimate of drug-likeness (QED) is 0.785. The first kappa shape index (κ1) is 15.6. The molecule has 2 amide bonds. The van der Waals surface area contributed by atoms with E-state index in [1.807, 2.05) is 26.0 Å². The number of anilines is 1. The Balaban J connectivity index is 1.80. The first-order valence-corrected chi connectivity index (χ1v) is 8.37. The van der Waals surface area contributed by atoms with Crippen molar-refractivity contribution in [3.8, 4) is 0 Å². The number of hydrogen-bond donors (Lipinski definition) is 1. The lowest BCUT2D eigenvalue weighted by molar-refractivity contribution is -0.929. The predicted molar refractivity (Wildman–Crippen MR) is 85.7 cm³/mol. The molecule has 2 heterocycles. The summed E-state index contributed by atoms with van der Waals surface area (Å²) in [7, 11) is 0. The zero-order valence-corrected chi connectivity index (χ0v) is 14.3. The second-order valence-corrected chi connectivity index (χ2v) is 7.04. The molecule has 0 spiro atoms. The van der Waals surface area contributed by atoms with Gasteiger partial charge >= 0.3 is 0 Å². The molecule has 0 aromatic heterocycles. The molecule has 0 saturated carbocycles. The van der Waals surface area contributed by atoms with E-state index in [0.29, 0.717) is 5.69 Å². The van der Waals surface area contributed by atoms with E-state index in [9.17, 15) is 9.59 Å². The molecule has 1 N–H and O–H groups in total. The van der Waals surface area contributed by atoms with E-state index in [1.54, 1.807) is 12.1 Å². The number of rotatable bonds is 2. The number of benzene rings is 1. The fraction of sp³-hybridized carbons (Fsp3) is 0.500. The molecule has 1 unspecified atom stereocenters. The van der Waals surface area contributed by atoms with Gasteiger partial charge in [0.2, 0.25) is 5.91 Å². The number of amides is 2. The third kappa shape index (κ3) is 2.95. The van der Waals surface area contributed by atoms with Crippen molar-refractivity contribution in [3.63, 3.8) is 0 Å². The van der Waals surface area contributed by atoms with Crippen molar-refractivity contribution in [3.05, 3.63) is 28.7 Å². The SMILES string of the molecule is C[C@@H]1C[NH+]([C@H]2CC(=O)N(c3ccc(Br)cc3)C2=O)C[C@H](C)O1. The van der Waals surface area contributed by atoms with E-state index >= 15 is 0 Å². The van der Waals surface area contributed by atoms with Gasteiger partial charge in [-0.1, -0.05) is 15.9 Å². The molecule has 2 fully saturated rings. The standard InChI is InChI=1S/C16H19BrN2O3/c1-10-8-18(9-11(2)22-10)14-7-15(20)19(16(14)21)13-5-3-12(17)4-6-13/h3-6,10-11,14H,7-9H2,1-2H3/p+1/t10-,11+,14-/m0/s1. The number of nitrogens with one attached hydrogen (secondary N) is 1. The van der Waals surface area contributed by atoms with E-state index in [-0.39, 0.29) is 36.5 Å². The third-order valence-corrected chi connectivity index (χ3v) is 4.82. The molecular formula is C16H20BrN2O3+. The summed E-state index contributed by atoms with van der Waals surface area (Å²) in [6, 6.07) is 6.98. The molecule has 3 rings (SSSR count). The Hall–Kier alpha value is -1.24. The third-order valence-electron chi connectivity index (χ3n) is 4.29. The predicted octanol–water partition coefficient (Wildman–Crippen LogP) is 0.773. The van der Waals surface area contributed by atoms with Crippen LogP contribution in [0.5, 0.6) is 0 Å². The molecule has 5 nitrogen and oxygen atoms in total. The van der Waals surface area contributed by atoms with E-state index in [1.165, 1.54) is 4.90 Å². The minimum absolute atomic E-state index is 0.0939. The monoisotopic (exact) mass is 367 g/mol. The highest BCUT2D eigenvalue weighted by molar-refractivity contribution is 9.10. The molecule has 4 atom stereocenters. The first-order chi connectivity index (χ1) is 10.5. The summed E-state index contributed by atoms with van der Waals surface area (Å²) in [5.41, 5.74) is 0.648. The zero-order valence-electron chi connectivity index (χ0n) is 12.7. The van der Waals surface area contributed by atoms with Gasteiger partial charge in [-0.2, -0.15) is 0 Å². The summed E-state index contributed by atoms with van der Waals surface area (Å²) in [5, 5.41) is 0. The number of nitrogens with zero attached hydrogens (tertiary/aromatic N) is 1. The van der Waals surface area contributed by atoms with Gasteiger partial charge in [0.05, 0.1) is 12.1 Å². The van der Waals surface area contributed by atoms with Crippen molar-refractivity contribution < 1.29 is 19.2 Å². The molecule has 0 aliphatic carbocycles. The average molecular weight is 368 g/mol. The smallest absolute Gasteiger partial charge is 0.292 e. The van der Waals surface area contributed by atoms with Crippen LogP contribution in [-0.2, 0) is 14.3 Å². The van der Waals surface area contributed by atoms with Gasteiger partial charge in [0.1, 0.15) is 25.3 Å².